The van der Waals surface area contributed by atoms with Crippen LogP contribution in [0, 0.1) is 5.82 Å². The van der Waals surface area contributed by atoms with E-state index in [4.69, 9.17) is 27.9 Å². The molecule has 0 fully saturated rings. The van der Waals surface area contributed by atoms with Crippen LogP contribution in [0.1, 0.15) is 16.8 Å². The summed E-state index contributed by atoms with van der Waals surface area (Å²) < 4.78 is 19.4. The zero-order valence-electron chi connectivity index (χ0n) is 16.4. The van der Waals surface area contributed by atoms with Gasteiger partial charge in [-0.25, -0.2) is 9.37 Å². The molecule has 31 heavy (non-hydrogen) atoms. The van der Waals surface area contributed by atoms with Gasteiger partial charge in [0, 0.05) is 47.8 Å². The van der Waals surface area contributed by atoms with Crippen LogP contribution in [0.15, 0.2) is 52.8 Å². The molecule has 8 heteroatoms. The number of nitrogens with one attached hydrogen (secondary N) is 1. The first-order chi connectivity index (χ1) is 15.0. The highest BCUT2D eigenvalue weighted by molar-refractivity contribution is 6.49. The highest BCUT2D eigenvalue weighted by Gasteiger charge is 2.25. The van der Waals surface area contributed by atoms with Gasteiger partial charge < -0.3 is 9.72 Å². The van der Waals surface area contributed by atoms with Crippen LogP contribution in [0.3, 0.4) is 0 Å². The zero-order valence-corrected chi connectivity index (χ0v) is 17.9. The van der Waals surface area contributed by atoms with Crippen LogP contribution in [-0.2, 0) is 13.0 Å². The minimum absolute atomic E-state index is 0.146. The first-order valence-corrected chi connectivity index (χ1v) is 10.6. The van der Waals surface area contributed by atoms with Crippen molar-refractivity contribution in [2.45, 2.75) is 13.0 Å². The lowest BCUT2D eigenvalue weighted by atomic mass is 10.0. The Morgan fingerprint density at radius 2 is 1.97 bits per heavy atom. The van der Waals surface area contributed by atoms with E-state index in [1.54, 1.807) is 18.2 Å². The van der Waals surface area contributed by atoms with Crippen molar-refractivity contribution in [3.05, 3.63) is 86.1 Å². The summed E-state index contributed by atoms with van der Waals surface area (Å²) in [6.07, 6.45) is 0.650. The molecule has 0 radical (unpaired) electrons. The Morgan fingerprint density at radius 3 is 2.77 bits per heavy atom. The van der Waals surface area contributed by atoms with E-state index in [9.17, 15) is 9.18 Å². The SMILES string of the molecule is O=c1[nH]c(-c2ccc(Cl)cc2)nc2c1CN(CC1=C(Cl)c3cc(F)ccc3OC1)CC2. The maximum Gasteiger partial charge on any atom is 0.255 e. The number of ether oxygens (including phenoxy) is 1. The van der Waals surface area contributed by atoms with Crippen molar-refractivity contribution >= 4 is 28.2 Å². The highest BCUT2D eigenvalue weighted by atomic mass is 35.5. The fraction of sp³-hybridized carbons (Fsp3) is 0.217. The van der Waals surface area contributed by atoms with Crippen LogP contribution in [-0.4, -0.2) is 34.6 Å². The van der Waals surface area contributed by atoms with E-state index in [0.29, 0.717) is 58.9 Å². The molecule has 0 amide bonds. The van der Waals surface area contributed by atoms with E-state index in [0.717, 1.165) is 23.4 Å². The number of nitrogens with zero attached hydrogens (tertiary/aromatic N) is 2. The summed E-state index contributed by atoms with van der Waals surface area (Å²) in [4.78, 5) is 22.5. The van der Waals surface area contributed by atoms with Crippen molar-refractivity contribution in [3.63, 3.8) is 0 Å². The summed E-state index contributed by atoms with van der Waals surface area (Å²) in [6.45, 7) is 2.06. The van der Waals surface area contributed by atoms with Crippen LogP contribution in [0.25, 0.3) is 16.4 Å². The quantitative estimate of drug-likeness (QED) is 0.622. The lowest BCUT2D eigenvalue weighted by Crippen LogP contribution is -2.37. The summed E-state index contributed by atoms with van der Waals surface area (Å²) >= 11 is 12.5. The average Bonchev–Trinajstić information content (AvgIpc) is 2.77. The number of benzene rings is 2. The van der Waals surface area contributed by atoms with Gasteiger partial charge >= 0.3 is 0 Å². The molecule has 2 aliphatic rings. The monoisotopic (exact) mass is 457 g/mol. The van der Waals surface area contributed by atoms with Gasteiger partial charge in [0.1, 0.15) is 24.0 Å². The maximum absolute atomic E-state index is 13.6. The van der Waals surface area contributed by atoms with Gasteiger partial charge in [0.15, 0.2) is 0 Å². The molecule has 1 aromatic heterocycles. The van der Waals surface area contributed by atoms with E-state index in [-0.39, 0.29) is 11.4 Å². The van der Waals surface area contributed by atoms with E-state index >= 15 is 0 Å². The summed E-state index contributed by atoms with van der Waals surface area (Å²) in [6, 6.07) is 11.5. The van der Waals surface area contributed by atoms with E-state index < -0.39 is 0 Å². The molecule has 158 valence electrons. The fourth-order valence-corrected chi connectivity index (χ4v) is 4.35. The minimum atomic E-state index is -0.359. The zero-order chi connectivity index (χ0) is 21.5. The van der Waals surface area contributed by atoms with E-state index in [1.165, 1.54) is 12.1 Å². The smallest absolute Gasteiger partial charge is 0.255 e. The number of hydrogen-bond donors (Lipinski definition) is 1. The molecule has 0 saturated heterocycles. The van der Waals surface area contributed by atoms with Crippen molar-refractivity contribution in [2.75, 3.05) is 19.7 Å². The largest absolute Gasteiger partial charge is 0.488 e. The van der Waals surface area contributed by atoms with E-state index in [2.05, 4.69) is 14.9 Å². The molecule has 0 bridgehead atoms. The molecule has 0 saturated carbocycles. The minimum Gasteiger partial charge on any atom is -0.488 e. The average molecular weight is 458 g/mol. The number of hydrogen-bond acceptors (Lipinski definition) is 4. The first-order valence-electron chi connectivity index (χ1n) is 9.88. The standard InChI is InChI=1S/C23H18Cl2FN3O2/c24-15-3-1-13(2-4-15)22-27-19-7-8-29(11-18(19)23(30)28-22)10-14-12-31-20-6-5-16(26)9-17(20)21(14)25/h1-6,9H,7-8,10-12H2,(H,27,28,30). The number of fused-ring (bicyclic) bond motifs is 2. The fourth-order valence-electron chi connectivity index (χ4n) is 3.96. The molecule has 3 heterocycles. The molecule has 5 rings (SSSR count). The Bertz CT molecular complexity index is 1250. The molecule has 2 aliphatic heterocycles. The van der Waals surface area contributed by atoms with Crippen LogP contribution < -0.4 is 10.3 Å². The van der Waals surface area contributed by atoms with Gasteiger partial charge in [-0.3, -0.25) is 9.69 Å². The third-order valence-corrected chi connectivity index (χ3v) is 6.29. The Hall–Kier alpha value is -2.67. The molecule has 0 atom stereocenters. The molecular weight excluding hydrogens is 440 g/mol. The van der Waals surface area contributed by atoms with Crippen LogP contribution in [0.2, 0.25) is 5.02 Å². The Labute approximate surface area is 188 Å². The van der Waals surface area contributed by atoms with Crippen molar-refractivity contribution in [2.24, 2.45) is 0 Å². The van der Waals surface area contributed by atoms with Gasteiger partial charge in [0.05, 0.1) is 16.3 Å². The summed E-state index contributed by atoms with van der Waals surface area (Å²) in [5, 5.41) is 1.14. The second-order valence-electron chi connectivity index (χ2n) is 7.65. The number of aromatic nitrogens is 2. The predicted octanol–water partition coefficient (Wildman–Crippen LogP) is 4.63. The lowest BCUT2D eigenvalue weighted by Gasteiger charge is -2.30. The molecule has 3 aromatic rings. The highest BCUT2D eigenvalue weighted by Crippen LogP contribution is 2.36. The topological polar surface area (TPSA) is 58.2 Å². The van der Waals surface area contributed by atoms with E-state index in [1.807, 2.05) is 12.1 Å². The normalized spacial score (nSPS) is 16.0. The van der Waals surface area contributed by atoms with Crippen molar-refractivity contribution in [1.29, 1.82) is 0 Å². The summed E-state index contributed by atoms with van der Waals surface area (Å²) in [5.41, 5.74) is 3.56. The Morgan fingerprint density at radius 1 is 1.16 bits per heavy atom. The summed E-state index contributed by atoms with van der Waals surface area (Å²) in [5.74, 6) is 0.760. The van der Waals surface area contributed by atoms with Gasteiger partial charge in [-0.05, 0) is 42.5 Å². The molecular formula is C23H18Cl2FN3O2. The molecule has 0 aliphatic carbocycles. The lowest BCUT2D eigenvalue weighted by molar-refractivity contribution is 0.254. The number of aromatic amines is 1. The van der Waals surface area contributed by atoms with Gasteiger partial charge in [0.25, 0.3) is 5.56 Å². The van der Waals surface area contributed by atoms with Gasteiger partial charge in [0.2, 0.25) is 0 Å². The van der Waals surface area contributed by atoms with Gasteiger partial charge in [-0.15, -0.1) is 0 Å². The van der Waals surface area contributed by atoms with Gasteiger partial charge in [-0.2, -0.15) is 0 Å². The Balaban J connectivity index is 1.38. The van der Waals surface area contributed by atoms with Crippen molar-refractivity contribution < 1.29 is 9.13 Å². The molecule has 1 N–H and O–H groups in total. The van der Waals surface area contributed by atoms with Gasteiger partial charge in [-0.1, -0.05) is 23.2 Å². The maximum atomic E-state index is 13.6. The number of halogens is 3. The Kier molecular flexibility index (Phi) is 5.30. The predicted molar refractivity (Wildman–Crippen MR) is 119 cm³/mol. The molecule has 0 spiro atoms. The van der Waals surface area contributed by atoms with Crippen molar-refractivity contribution in [3.8, 4) is 17.1 Å². The summed E-state index contributed by atoms with van der Waals surface area (Å²) in [7, 11) is 0. The van der Waals surface area contributed by atoms with Crippen LogP contribution in [0.5, 0.6) is 5.75 Å². The molecule has 0 unspecified atom stereocenters. The first kappa shape index (κ1) is 20.2. The molecule has 5 nitrogen and oxygen atoms in total. The third-order valence-electron chi connectivity index (χ3n) is 5.57. The number of rotatable bonds is 3. The third kappa shape index (κ3) is 3.99. The van der Waals surface area contributed by atoms with Crippen molar-refractivity contribution in [1.82, 2.24) is 14.9 Å². The molecule has 2 aromatic carbocycles. The van der Waals surface area contributed by atoms with Crippen LogP contribution in [0.4, 0.5) is 4.39 Å². The second kappa shape index (κ2) is 8.11. The number of H-pyrrole nitrogens is 1. The van der Waals surface area contributed by atoms with Crippen LogP contribution >= 0.6 is 23.2 Å². The second-order valence-corrected chi connectivity index (χ2v) is 8.47.